The molecule has 0 atom stereocenters. The van der Waals surface area contributed by atoms with Crippen molar-refractivity contribution >= 4 is 42.5 Å². The SMILES string of the molecule is CC(C)(C)OC(=O)COc1cnc(C(=O)CN)cc1OCC(=O)OC(C)(C)C.Cl.Cl. The number of halogens is 2. The molecule has 0 saturated carbocycles. The van der Waals surface area contributed by atoms with Gasteiger partial charge in [-0.15, -0.1) is 24.8 Å². The third-order valence-electron chi connectivity index (χ3n) is 2.83. The van der Waals surface area contributed by atoms with Gasteiger partial charge in [0.25, 0.3) is 0 Å². The molecule has 1 aromatic heterocycles. The highest BCUT2D eigenvalue weighted by molar-refractivity contribution is 5.96. The first-order valence-electron chi connectivity index (χ1n) is 8.73. The molecule has 1 aromatic rings. The van der Waals surface area contributed by atoms with Gasteiger partial charge in [0.1, 0.15) is 16.9 Å². The average Bonchev–Trinajstić information content (AvgIpc) is 2.54. The monoisotopic (exact) mass is 468 g/mol. The van der Waals surface area contributed by atoms with Crippen molar-refractivity contribution < 1.29 is 33.3 Å². The molecule has 0 aliphatic carbocycles. The zero-order valence-electron chi connectivity index (χ0n) is 18.0. The van der Waals surface area contributed by atoms with Gasteiger partial charge in [0.05, 0.1) is 12.7 Å². The van der Waals surface area contributed by atoms with Crippen LogP contribution in [0.3, 0.4) is 0 Å². The Morgan fingerprint density at radius 2 is 1.30 bits per heavy atom. The Hall–Kier alpha value is -2.10. The van der Waals surface area contributed by atoms with Crippen molar-refractivity contribution in [1.29, 1.82) is 0 Å². The van der Waals surface area contributed by atoms with Crippen LogP contribution in [0.25, 0.3) is 0 Å². The molecule has 0 aromatic carbocycles. The second kappa shape index (κ2) is 12.6. The molecule has 0 bridgehead atoms. The van der Waals surface area contributed by atoms with Crippen molar-refractivity contribution in [3.63, 3.8) is 0 Å². The van der Waals surface area contributed by atoms with Crippen molar-refractivity contribution in [2.45, 2.75) is 52.7 Å². The lowest BCUT2D eigenvalue weighted by molar-refractivity contribution is -0.158. The van der Waals surface area contributed by atoms with E-state index < -0.39 is 42.1 Å². The summed E-state index contributed by atoms with van der Waals surface area (Å²) < 4.78 is 21.1. The summed E-state index contributed by atoms with van der Waals surface area (Å²) in [5.74, 6) is -1.48. The van der Waals surface area contributed by atoms with Gasteiger partial charge >= 0.3 is 11.9 Å². The first-order valence-corrected chi connectivity index (χ1v) is 8.73. The minimum Gasteiger partial charge on any atom is -0.478 e. The summed E-state index contributed by atoms with van der Waals surface area (Å²) in [6.07, 6.45) is 1.22. The number of pyridine rings is 1. The number of Topliss-reactive ketones (excluding diaryl/α,β-unsaturated/α-hetero) is 1. The summed E-state index contributed by atoms with van der Waals surface area (Å²) >= 11 is 0. The number of esters is 2. The molecule has 0 unspecified atom stereocenters. The molecule has 1 heterocycles. The number of rotatable bonds is 8. The molecule has 0 spiro atoms. The highest BCUT2D eigenvalue weighted by Crippen LogP contribution is 2.27. The normalized spacial score (nSPS) is 10.8. The van der Waals surface area contributed by atoms with Gasteiger partial charge in [-0.2, -0.15) is 0 Å². The van der Waals surface area contributed by atoms with E-state index >= 15 is 0 Å². The van der Waals surface area contributed by atoms with Gasteiger partial charge in [-0.3, -0.25) is 4.79 Å². The van der Waals surface area contributed by atoms with E-state index in [0.29, 0.717) is 0 Å². The minimum absolute atomic E-state index is 0. The number of hydrogen-bond donors (Lipinski definition) is 1. The number of ether oxygens (including phenoxy) is 4. The third-order valence-corrected chi connectivity index (χ3v) is 2.83. The molecular weight excluding hydrogens is 439 g/mol. The Kier molecular flexibility index (Phi) is 12.6. The van der Waals surface area contributed by atoms with E-state index in [9.17, 15) is 14.4 Å². The van der Waals surface area contributed by atoms with Crippen molar-refractivity contribution in [1.82, 2.24) is 4.98 Å². The maximum absolute atomic E-state index is 11.9. The van der Waals surface area contributed by atoms with E-state index in [1.54, 1.807) is 41.5 Å². The van der Waals surface area contributed by atoms with Crippen LogP contribution in [0, 0.1) is 0 Å². The number of nitrogens with two attached hydrogens (primary N) is 1. The largest absolute Gasteiger partial charge is 0.478 e. The number of nitrogens with zero attached hydrogens (tertiary/aromatic N) is 1. The topological polar surface area (TPSA) is 127 Å². The zero-order chi connectivity index (χ0) is 21.5. The smallest absolute Gasteiger partial charge is 0.344 e. The third kappa shape index (κ3) is 11.8. The van der Waals surface area contributed by atoms with E-state index in [2.05, 4.69) is 4.98 Å². The molecule has 172 valence electrons. The van der Waals surface area contributed by atoms with Crippen LogP contribution in [-0.2, 0) is 19.1 Å². The summed E-state index contributed by atoms with van der Waals surface area (Å²) in [5.41, 5.74) is 4.06. The highest BCUT2D eigenvalue weighted by atomic mass is 35.5. The van der Waals surface area contributed by atoms with Crippen LogP contribution in [0.5, 0.6) is 11.5 Å². The number of aromatic nitrogens is 1. The van der Waals surface area contributed by atoms with Crippen molar-refractivity contribution in [3.8, 4) is 11.5 Å². The van der Waals surface area contributed by atoms with Gasteiger partial charge in [0, 0.05) is 6.07 Å². The first-order chi connectivity index (χ1) is 12.8. The fraction of sp³-hybridized carbons (Fsp3) is 0.579. The van der Waals surface area contributed by atoms with E-state index in [1.165, 1.54) is 12.3 Å². The second-order valence-corrected chi connectivity index (χ2v) is 7.89. The van der Waals surface area contributed by atoms with Gasteiger partial charge < -0.3 is 24.7 Å². The molecule has 2 N–H and O–H groups in total. The quantitative estimate of drug-likeness (QED) is 0.451. The standard InChI is InChI=1S/C19H28N2O7.2ClH/c1-18(2,3)27-16(23)10-25-14-7-12(13(22)8-20)21-9-15(14)26-11-17(24)28-19(4,5)6;;/h7,9H,8,10-11,20H2,1-6H3;2*1H. The summed E-state index contributed by atoms with van der Waals surface area (Å²) in [6.45, 7) is 9.32. The second-order valence-electron chi connectivity index (χ2n) is 7.89. The molecule has 0 fully saturated rings. The van der Waals surface area contributed by atoms with Crippen LogP contribution in [0.1, 0.15) is 52.0 Å². The predicted molar refractivity (Wildman–Crippen MR) is 115 cm³/mol. The van der Waals surface area contributed by atoms with Crippen LogP contribution in [0.15, 0.2) is 12.3 Å². The molecule has 0 saturated heterocycles. The Morgan fingerprint density at radius 3 is 1.70 bits per heavy atom. The number of carbonyl (C=O) groups excluding carboxylic acids is 3. The molecule has 30 heavy (non-hydrogen) atoms. The Labute approximate surface area is 188 Å². The summed E-state index contributed by atoms with van der Waals surface area (Å²) in [6, 6.07) is 1.30. The Bertz CT molecular complexity index is 729. The molecular formula is C19H30Cl2N2O7. The van der Waals surface area contributed by atoms with Crippen molar-refractivity contribution in [2.24, 2.45) is 5.73 Å². The fourth-order valence-electron chi connectivity index (χ4n) is 1.92. The Morgan fingerprint density at radius 1 is 0.867 bits per heavy atom. The lowest BCUT2D eigenvalue weighted by Crippen LogP contribution is -2.28. The maximum atomic E-state index is 11.9. The zero-order valence-corrected chi connectivity index (χ0v) is 19.6. The van der Waals surface area contributed by atoms with Crippen LogP contribution in [0.2, 0.25) is 0 Å². The van der Waals surface area contributed by atoms with Gasteiger partial charge in [-0.25, -0.2) is 14.6 Å². The molecule has 1 rings (SSSR count). The number of carbonyl (C=O) groups is 3. The number of ketones is 1. The maximum Gasteiger partial charge on any atom is 0.344 e. The highest BCUT2D eigenvalue weighted by Gasteiger charge is 2.20. The van der Waals surface area contributed by atoms with Crippen molar-refractivity contribution in [2.75, 3.05) is 19.8 Å². The van der Waals surface area contributed by atoms with Gasteiger partial charge in [-0.1, -0.05) is 0 Å². The van der Waals surface area contributed by atoms with E-state index in [4.69, 9.17) is 24.7 Å². The molecule has 0 aliphatic rings. The van der Waals surface area contributed by atoms with Gasteiger partial charge in [-0.05, 0) is 41.5 Å². The summed E-state index contributed by atoms with van der Waals surface area (Å²) in [7, 11) is 0. The van der Waals surface area contributed by atoms with Crippen LogP contribution >= 0.6 is 24.8 Å². The molecule has 0 radical (unpaired) electrons. The van der Waals surface area contributed by atoms with Gasteiger partial charge in [0.2, 0.25) is 0 Å². The summed E-state index contributed by atoms with van der Waals surface area (Å²) in [4.78, 5) is 39.4. The minimum atomic E-state index is -0.671. The molecule has 9 nitrogen and oxygen atoms in total. The van der Waals surface area contributed by atoms with Gasteiger partial charge in [0.15, 0.2) is 30.5 Å². The molecule has 0 aliphatic heterocycles. The summed E-state index contributed by atoms with van der Waals surface area (Å²) in [5, 5.41) is 0. The molecule has 11 heteroatoms. The van der Waals surface area contributed by atoms with Crippen LogP contribution in [0.4, 0.5) is 0 Å². The van der Waals surface area contributed by atoms with Crippen molar-refractivity contribution in [3.05, 3.63) is 18.0 Å². The average molecular weight is 469 g/mol. The van der Waals surface area contributed by atoms with E-state index in [0.717, 1.165) is 0 Å². The number of hydrogen-bond acceptors (Lipinski definition) is 9. The fourth-order valence-corrected chi connectivity index (χ4v) is 1.92. The van der Waals surface area contributed by atoms with Crippen LogP contribution in [-0.4, -0.2) is 53.7 Å². The van der Waals surface area contributed by atoms with E-state index in [1.807, 2.05) is 0 Å². The first kappa shape index (κ1) is 30.1. The Balaban J connectivity index is 0. The van der Waals surface area contributed by atoms with E-state index in [-0.39, 0.29) is 48.6 Å². The lowest BCUT2D eigenvalue weighted by Gasteiger charge is -2.21. The lowest BCUT2D eigenvalue weighted by atomic mass is 10.2. The predicted octanol–water partition coefficient (Wildman–Crippen LogP) is 2.51. The molecule has 0 amide bonds. The van der Waals surface area contributed by atoms with Crippen LogP contribution < -0.4 is 15.2 Å².